The third-order valence-corrected chi connectivity index (χ3v) is 8.86. The fourth-order valence-electron chi connectivity index (χ4n) is 4.26. The van der Waals surface area contributed by atoms with Crippen molar-refractivity contribution in [1.29, 1.82) is 0 Å². The normalized spacial score (nSPS) is 14.8. The summed E-state index contributed by atoms with van der Waals surface area (Å²) in [5.74, 6) is -0.793. The predicted molar refractivity (Wildman–Crippen MR) is 163 cm³/mol. The van der Waals surface area contributed by atoms with Crippen LogP contribution in [0.3, 0.4) is 0 Å². The largest absolute Gasteiger partial charge is 0.465 e. The van der Waals surface area contributed by atoms with Crippen molar-refractivity contribution in [3.05, 3.63) is 12.7 Å². The van der Waals surface area contributed by atoms with Gasteiger partial charge < -0.3 is 24.5 Å². The van der Waals surface area contributed by atoms with E-state index < -0.39 is 37.1 Å². The van der Waals surface area contributed by atoms with E-state index >= 15 is 0 Å². The molecule has 0 aliphatic heterocycles. The average Bonchev–Trinajstić information content (AvgIpc) is 3.35. The maximum Gasteiger partial charge on any atom is 0.326 e. The molecule has 0 bridgehead atoms. The van der Waals surface area contributed by atoms with Crippen molar-refractivity contribution in [2.75, 3.05) is 25.3 Å². The summed E-state index contributed by atoms with van der Waals surface area (Å²) in [7, 11) is -3.70. The third kappa shape index (κ3) is 11.6. The molecule has 0 radical (unpaired) electrons. The summed E-state index contributed by atoms with van der Waals surface area (Å²) in [6.07, 6.45) is 9.94. The summed E-state index contributed by atoms with van der Waals surface area (Å²) in [6.45, 7) is 11.7. The second-order valence-corrected chi connectivity index (χ2v) is 13.4. The molecule has 0 saturated carbocycles. The van der Waals surface area contributed by atoms with E-state index in [1.54, 1.807) is 31.7 Å². The molecule has 2 aromatic heterocycles. The van der Waals surface area contributed by atoms with Crippen LogP contribution < -0.4 is 15.9 Å². The van der Waals surface area contributed by atoms with E-state index in [-0.39, 0.29) is 18.8 Å². The van der Waals surface area contributed by atoms with Gasteiger partial charge in [0.15, 0.2) is 11.5 Å². The molecule has 0 amide bonds. The zero-order chi connectivity index (χ0) is 31.2. The Morgan fingerprint density at radius 3 is 2.29 bits per heavy atom. The Bertz CT molecular complexity index is 1170. The molecular formula is C28H50N7O6P. The van der Waals surface area contributed by atoms with E-state index in [2.05, 4.69) is 39.0 Å². The molecule has 42 heavy (non-hydrogen) atoms. The highest BCUT2D eigenvalue weighted by atomic mass is 31.2. The van der Waals surface area contributed by atoms with E-state index in [0.717, 1.165) is 51.4 Å². The number of hydrogen-bond donors (Lipinski definition) is 3. The minimum Gasteiger partial charge on any atom is -0.465 e. The van der Waals surface area contributed by atoms with Crippen molar-refractivity contribution in [2.24, 2.45) is 0 Å². The Morgan fingerprint density at radius 1 is 1.00 bits per heavy atom. The fourth-order valence-corrected chi connectivity index (χ4v) is 6.65. The van der Waals surface area contributed by atoms with Gasteiger partial charge in [-0.05, 0) is 40.5 Å². The molecule has 2 heterocycles. The minimum absolute atomic E-state index is 0.274. The van der Waals surface area contributed by atoms with Gasteiger partial charge in [-0.2, -0.15) is 0 Å². The number of nitrogens with one attached hydrogen (secondary N) is 2. The van der Waals surface area contributed by atoms with Crippen molar-refractivity contribution >= 4 is 36.4 Å². The van der Waals surface area contributed by atoms with Gasteiger partial charge in [-0.15, -0.1) is 0 Å². The van der Waals surface area contributed by atoms with Crippen molar-refractivity contribution in [3.8, 4) is 0 Å². The molecule has 2 rings (SSSR count). The van der Waals surface area contributed by atoms with Crippen LogP contribution in [0.25, 0.3) is 11.2 Å². The van der Waals surface area contributed by atoms with Gasteiger partial charge in [0.25, 0.3) is 0 Å². The molecule has 0 aliphatic carbocycles. The number of carbonyl (C=O) groups is 2. The number of anilines is 1. The zero-order valence-electron chi connectivity index (χ0n) is 26.1. The lowest BCUT2D eigenvalue weighted by atomic mass is 10.1. The number of nitrogens with zero attached hydrogens (tertiary/aromatic N) is 4. The molecule has 1 unspecified atom stereocenters. The van der Waals surface area contributed by atoms with Gasteiger partial charge in [-0.25, -0.2) is 25.1 Å². The lowest BCUT2D eigenvalue weighted by molar-refractivity contribution is -0.149. The number of hydrogen-bond acceptors (Lipinski definition) is 10. The fraction of sp³-hybridized carbons (Fsp3) is 0.750. The predicted octanol–water partition coefficient (Wildman–Crippen LogP) is 4.56. The Kier molecular flexibility index (Phi) is 14.8. The molecule has 0 spiro atoms. The summed E-state index contributed by atoms with van der Waals surface area (Å²) in [6, 6.07) is -0.911. The van der Waals surface area contributed by atoms with Crippen LogP contribution in [-0.2, 0) is 34.9 Å². The van der Waals surface area contributed by atoms with E-state index in [1.165, 1.54) is 6.33 Å². The maximum absolute atomic E-state index is 14.2. The average molecular weight is 612 g/mol. The van der Waals surface area contributed by atoms with Crippen LogP contribution in [0, 0.1) is 0 Å². The summed E-state index contributed by atoms with van der Waals surface area (Å²) < 4.78 is 32.8. The van der Waals surface area contributed by atoms with Gasteiger partial charge in [0, 0.05) is 0 Å². The summed E-state index contributed by atoms with van der Waals surface area (Å²) in [5.41, 5.74) is 5.60. The van der Waals surface area contributed by atoms with E-state index in [0.29, 0.717) is 24.3 Å². The molecule has 3 atom stereocenters. The number of nitrogen functional groups attached to an aromatic ring is 1. The molecule has 0 aromatic carbocycles. The molecule has 4 N–H and O–H groups in total. The number of fused-ring (bicyclic) bond motifs is 1. The molecule has 13 nitrogen and oxygen atoms in total. The van der Waals surface area contributed by atoms with Gasteiger partial charge in [-0.3, -0.25) is 14.2 Å². The standard InChI is InChI=1S/C28H50N7O6P/c1-7-9-11-13-15-39-26(36)22(4)33-42(38,34-28(5,6)27(37)40-16-14-12-10-8-2)20-41-21(3)17-35-19-32-23-24(29)30-18-31-25(23)35/h18-19,21-22H,7-17,20H2,1-6H3,(H2,29,30,31)(H2,33,34,38)/t21-,22-,42?/m1/s1. The topological polar surface area (TPSA) is 173 Å². The van der Waals surface area contributed by atoms with Crippen LogP contribution in [0.15, 0.2) is 12.7 Å². The zero-order valence-corrected chi connectivity index (χ0v) is 27.0. The van der Waals surface area contributed by atoms with Crippen LogP contribution in [0.4, 0.5) is 5.82 Å². The maximum atomic E-state index is 14.2. The number of imidazole rings is 1. The highest BCUT2D eigenvalue weighted by Gasteiger charge is 2.39. The summed E-state index contributed by atoms with van der Waals surface area (Å²) in [4.78, 5) is 38.1. The molecule has 0 saturated heterocycles. The molecule has 14 heteroatoms. The molecular weight excluding hydrogens is 561 g/mol. The Morgan fingerprint density at radius 2 is 1.64 bits per heavy atom. The highest BCUT2D eigenvalue weighted by molar-refractivity contribution is 7.59. The number of nitrogens with two attached hydrogens (primary N) is 1. The quantitative estimate of drug-likeness (QED) is 0.102. The van der Waals surface area contributed by atoms with Crippen LogP contribution in [-0.4, -0.2) is 68.7 Å². The van der Waals surface area contributed by atoms with Gasteiger partial charge in [0.2, 0.25) is 7.44 Å². The number of aromatic nitrogens is 4. The lowest BCUT2D eigenvalue weighted by Crippen LogP contribution is -2.50. The molecule has 238 valence electrons. The first kappa shape index (κ1) is 35.6. The van der Waals surface area contributed by atoms with Crippen molar-refractivity contribution in [2.45, 2.75) is 117 Å². The van der Waals surface area contributed by atoms with Gasteiger partial charge in [-0.1, -0.05) is 52.4 Å². The van der Waals surface area contributed by atoms with Gasteiger partial charge in [0.05, 0.1) is 32.2 Å². The highest BCUT2D eigenvalue weighted by Crippen LogP contribution is 2.40. The van der Waals surface area contributed by atoms with E-state index in [9.17, 15) is 14.2 Å². The minimum atomic E-state index is -3.70. The van der Waals surface area contributed by atoms with Crippen molar-refractivity contribution in [1.82, 2.24) is 29.7 Å². The molecule has 2 aromatic rings. The number of ether oxygens (including phenoxy) is 3. The third-order valence-electron chi connectivity index (χ3n) is 6.62. The summed E-state index contributed by atoms with van der Waals surface area (Å²) >= 11 is 0. The van der Waals surface area contributed by atoms with E-state index in [1.807, 2.05) is 6.92 Å². The number of rotatable bonds is 21. The van der Waals surface area contributed by atoms with Crippen LogP contribution in [0.5, 0.6) is 0 Å². The van der Waals surface area contributed by atoms with Crippen LogP contribution >= 0.6 is 7.44 Å². The monoisotopic (exact) mass is 611 g/mol. The van der Waals surface area contributed by atoms with E-state index in [4.69, 9.17) is 19.9 Å². The van der Waals surface area contributed by atoms with Crippen LogP contribution in [0.1, 0.15) is 92.9 Å². The Labute approximate surface area is 249 Å². The molecule has 0 aliphatic rings. The van der Waals surface area contributed by atoms with Gasteiger partial charge >= 0.3 is 11.9 Å². The van der Waals surface area contributed by atoms with Crippen molar-refractivity contribution in [3.63, 3.8) is 0 Å². The first-order chi connectivity index (χ1) is 19.9. The Balaban J connectivity index is 2.09. The van der Waals surface area contributed by atoms with Gasteiger partial charge in [0.1, 0.15) is 29.8 Å². The second kappa shape index (κ2) is 17.5. The number of unbranched alkanes of at least 4 members (excludes halogenated alkanes) is 6. The SMILES string of the molecule is CCCCCCOC(=O)[C@@H](C)NP(=O)(CO[C@H](C)Cn1cnc2c(N)ncnc21)NC(C)(C)C(=O)OCCCCCC. The first-order valence-electron chi connectivity index (χ1n) is 15.0. The van der Waals surface area contributed by atoms with Crippen LogP contribution in [0.2, 0.25) is 0 Å². The van der Waals surface area contributed by atoms with Crippen molar-refractivity contribution < 1.29 is 28.4 Å². The Hall–Kier alpha value is -2.60. The lowest BCUT2D eigenvalue weighted by Gasteiger charge is -2.32. The molecule has 0 fully saturated rings. The summed E-state index contributed by atoms with van der Waals surface area (Å²) in [5, 5.41) is 5.80. The number of carbonyl (C=O) groups excluding carboxylic acids is 2. The number of esters is 2. The smallest absolute Gasteiger partial charge is 0.326 e. The second-order valence-electron chi connectivity index (χ2n) is 11.2. The first-order valence-corrected chi connectivity index (χ1v) is 16.8.